The van der Waals surface area contributed by atoms with Gasteiger partial charge in [0.2, 0.25) is 5.91 Å². The van der Waals surface area contributed by atoms with E-state index in [1.165, 1.54) is 13.2 Å². The number of benzene rings is 1. The first kappa shape index (κ1) is 15.5. The second-order valence-corrected chi connectivity index (χ2v) is 6.27. The van der Waals surface area contributed by atoms with Gasteiger partial charge >= 0.3 is 5.97 Å². The predicted molar refractivity (Wildman–Crippen MR) is 79.2 cm³/mol. The molecule has 1 amide bonds. The maximum atomic E-state index is 12.6. The molecule has 2 aliphatic carbocycles. The molecule has 0 aliphatic heterocycles. The molecule has 0 spiro atoms. The SMILES string of the molecule is COC(=O)c1cccc(NC(=O)[C@@H]2[C@H]3CC[C@H](C3)[C@H]2C(=O)[O-])c1. The summed E-state index contributed by atoms with van der Waals surface area (Å²) in [4.78, 5) is 35.5. The van der Waals surface area contributed by atoms with Gasteiger partial charge in [-0.05, 0) is 49.3 Å². The Morgan fingerprint density at radius 1 is 1.17 bits per heavy atom. The van der Waals surface area contributed by atoms with Crippen molar-refractivity contribution in [2.45, 2.75) is 19.3 Å². The highest BCUT2D eigenvalue weighted by Crippen LogP contribution is 2.52. The van der Waals surface area contributed by atoms with Crippen LogP contribution in [-0.4, -0.2) is 25.0 Å². The van der Waals surface area contributed by atoms with Crippen LogP contribution in [-0.2, 0) is 14.3 Å². The van der Waals surface area contributed by atoms with E-state index in [-0.39, 0.29) is 17.7 Å². The maximum Gasteiger partial charge on any atom is 0.337 e. The Morgan fingerprint density at radius 3 is 2.52 bits per heavy atom. The number of ether oxygens (including phenoxy) is 1. The van der Waals surface area contributed by atoms with Crippen LogP contribution in [0.5, 0.6) is 0 Å². The van der Waals surface area contributed by atoms with Gasteiger partial charge in [0.05, 0.1) is 12.7 Å². The van der Waals surface area contributed by atoms with Crippen LogP contribution < -0.4 is 10.4 Å². The number of fused-ring (bicyclic) bond motifs is 2. The molecule has 2 bridgehead atoms. The highest BCUT2D eigenvalue weighted by Gasteiger charge is 2.51. The molecule has 6 nitrogen and oxygen atoms in total. The molecule has 3 rings (SSSR count). The smallest absolute Gasteiger partial charge is 0.337 e. The number of aliphatic carboxylic acids is 1. The number of carbonyl (C=O) groups is 3. The molecule has 0 saturated heterocycles. The Morgan fingerprint density at radius 2 is 1.87 bits per heavy atom. The number of nitrogens with one attached hydrogen (secondary N) is 1. The zero-order chi connectivity index (χ0) is 16.6. The monoisotopic (exact) mass is 316 g/mol. The Hall–Kier alpha value is -2.37. The summed E-state index contributed by atoms with van der Waals surface area (Å²) in [5.74, 6) is -3.06. The summed E-state index contributed by atoms with van der Waals surface area (Å²) >= 11 is 0. The number of hydrogen-bond donors (Lipinski definition) is 1. The molecule has 1 aromatic rings. The summed E-state index contributed by atoms with van der Waals surface area (Å²) in [5, 5.41) is 14.1. The molecule has 2 saturated carbocycles. The van der Waals surface area contributed by atoms with E-state index in [4.69, 9.17) is 0 Å². The van der Waals surface area contributed by atoms with Crippen LogP contribution in [0.15, 0.2) is 24.3 Å². The molecule has 0 unspecified atom stereocenters. The van der Waals surface area contributed by atoms with E-state index in [0.29, 0.717) is 11.3 Å². The zero-order valence-corrected chi connectivity index (χ0v) is 12.8. The second-order valence-electron chi connectivity index (χ2n) is 6.27. The van der Waals surface area contributed by atoms with E-state index in [1.807, 2.05) is 0 Å². The van der Waals surface area contributed by atoms with E-state index in [0.717, 1.165) is 19.3 Å². The first-order chi connectivity index (χ1) is 11.0. The number of carboxylic acids is 1. The molecule has 2 fully saturated rings. The van der Waals surface area contributed by atoms with Crippen molar-refractivity contribution in [2.24, 2.45) is 23.7 Å². The van der Waals surface area contributed by atoms with E-state index in [9.17, 15) is 19.5 Å². The lowest BCUT2D eigenvalue weighted by Crippen LogP contribution is -2.43. The van der Waals surface area contributed by atoms with Gasteiger partial charge in [-0.2, -0.15) is 0 Å². The van der Waals surface area contributed by atoms with E-state index in [1.54, 1.807) is 18.2 Å². The van der Waals surface area contributed by atoms with Crippen molar-refractivity contribution in [2.75, 3.05) is 12.4 Å². The van der Waals surface area contributed by atoms with E-state index < -0.39 is 23.8 Å². The topological polar surface area (TPSA) is 95.5 Å². The van der Waals surface area contributed by atoms with Crippen LogP contribution in [0.2, 0.25) is 0 Å². The number of hydrogen-bond acceptors (Lipinski definition) is 5. The molecule has 2 aliphatic rings. The van der Waals surface area contributed by atoms with Gasteiger partial charge in [-0.25, -0.2) is 4.79 Å². The Bertz CT molecular complexity index is 656. The Labute approximate surface area is 133 Å². The van der Waals surface area contributed by atoms with Gasteiger partial charge in [-0.3, -0.25) is 4.79 Å². The Balaban J connectivity index is 1.77. The fourth-order valence-corrected chi connectivity index (χ4v) is 4.08. The highest BCUT2D eigenvalue weighted by molar-refractivity contribution is 5.97. The van der Waals surface area contributed by atoms with Crippen molar-refractivity contribution in [3.05, 3.63) is 29.8 Å². The van der Waals surface area contributed by atoms with Gasteiger partial charge in [0.25, 0.3) is 0 Å². The summed E-state index contributed by atoms with van der Waals surface area (Å²) in [6.45, 7) is 0. The number of carbonyl (C=O) groups excluding carboxylic acids is 3. The third-order valence-electron chi connectivity index (χ3n) is 5.04. The summed E-state index contributed by atoms with van der Waals surface area (Å²) in [7, 11) is 1.29. The minimum atomic E-state index is -1.14. The number of esters is 1. The van der Waals surface area contributed by atoms with Gasteiger partial charge in [0, 0.05) is 23.5 Å². The predicted octanol–water partition coefficient (Wildman–Crippen LogP) is 0.824. The number of methoxy groups -OCH3 is 1. The zero-order valence-electron chi connectivity index (χ0n) is 12.8. The third kappa shape index (κ3) is 2.81. The average molecular weight is 316 g/mol. The second kappa shape index (κ2) is 6.02. The minimum absolute atomic E-state index is 0.0437. The molecule has 122 valence electrons. The molecule has 23 heavy (non-hydrogen) atoms. The van der Waals surface area contributed by atoms with Crippen LogP contribution in [0.3, 0.4) is 0 Å². The molecular weight excluding hydrogens is 298 g/mol. The lowest BCUT2D eigenvalue weighted by Gasteiger charge is -2.30. The van der Waals surface area contributed by atoms with Gasteiger partial charge < -0.3 is 20.0 Å². The van der Waals surface area contributed by atoms with E-state index >= 15 is 0 Å². The van der Waals surface area contributed by atoms with Gasteiger partial charge in [-0.1, -0.05) is 6.07 Å². The molecule has 0 heterocycles. The molecule has 1 N–H and O–H groups in total. The van der Waals surface area contributed by atoms with Crippen LogP contribution in [0, 0.1) is 23.7 Å². The molecule has 4 atom stereocenters. The molecule has 0 radical (unpaired) electrons. The summed E-state index contributed by atoms with van der Waals surface area (Å²) in [6, 6.07) is 6.40. The normalized spacial score (nSPS) is 28.4. The standard InChI is InChI=1S/C17H19NO5/c1-23-17(22)11-3-2-4-12(8-11)18-15(19)13-9-5-6-10(7-9)14(13)16(20)21/h2-4,8-10,13-14H,5-7H2,1H3,(H,18,19)(H,20,21)/p-1/t9-,10+,13+,14+/m0/s1. The van der Waals surface area contributed by atoms with Crippen molar-refractivity contribution in [3.8, 4) is 0 Å². The van der Waals surface area contributed by atoms with Gasteiger partial charge in [0.15, 0.2) is 0 Å². The number of rotatable bonds is 4. The molecule has 6 heteroatoms. The van der Waals surface area contributed by atoms with Crippen LogP contribution in [0.1, 0.15) is 29.6 Å². The van der Waals surface area contributed by atoms with Crippen molar-refractivity contribution in [3.63, 3.8) is 0 Å². The lowest BCUT2D eigenvalue weighted by atomic mass is 9.78. The van der Waals surface area contributed by atoms with Crippen LogP contribution in [0.25, 0.3) is 0 Å². The molecule has 0 aromatic heterocycles. The van der Waals surface area contributed by atoms with Crippen molar-refractivity contribution >= 4 is 23.5 Å². The number of anilines is 1. The fraction of sp³-hybridized carbons (Fsp3) is 0.471. The lowest BCUT2D eigenvalue weighted by molar-refractivity contribution is -0.314. The quantitative estimate of drug-likeness (QED) is 0.830. The average Bonchev–Trinajstić information content (AvgIpc) is 3.15. The number of carboxylic acid groups (broad SMARTS) is 1. The maximum absolute atomic E-state index is 12.6. The minimum Gasteiger partial charge on any atom is -0.550 e. The Kier molecular flexibility index (Phi) is 4.07. The molecular formula is C17H18NO5-. The third-order valence-corrected chi connectivity index (χ3v) is 5.04. The summed E-state index contributed by atoms with van der Waals surface area (Å²) in [5.41, 5.74) is 0.785. The van der Waals surface area contributed by atoms with Crippen molar-refractivity contribution < 1.29 is 24.2 Å². The van der Waals surface area contributed by atoms with Crippen molar-refractivity contribution in [1.29, 1.82) is 0 Å². The molecule has 1 aromatic carbocycles. The highest BCUT2D eigenvalue weighted by atomic mass is 16.5. The summed E-state index contributed by atoms with van der Waals surface area (Å²) < 4.78 is 4.65. The van der Waals surface area contributed by atoms with Crippen molar-refractivity contribution in [1.82, 2.24) is 0 Å². The van der Waals surface area contributed by atoms with Crippen LogP contribution in [0.4, 0.5) is 5.69 Å². The number of amides is 1. The summed E-state index contributed by atoms with van der Waals surface area (Å²) in [6.07, 6.45) is 2.51. The van der Waals surface area contributed by atoms with Gasteiger partial charge in [-0.15, -0.1) is 0 Å². The largest absolute Gasteiger partial charge is 0.550 e. The fourth-order valence-electron chi connectivity index (χ4n) is 4.08. The van der Waals surface area contributed by atoms with Gasteiger partial charge in [0.1, 0.15) is 0 Å². The van der Waals surface area contributed by atoms with E-state index in [2.05, 4.69) is 10.1 Å². The van der Waals surface area contributed by atoms with Crippen LogP contribution >= 0.6 is 0 Å². The first-order valence-electron chi connectivity index (χ1n) is 7.71. The first-order valence-corrected chi connectivity index (χ1v) is 7.71.